The molecule has 0 amide bonds. The van der Waals surface area contributed by atoms with Gasteiger partial charge in [0, 0.05) is 34.1 Å². The Hall–Kier alpha value is -8.70. The van der Waals surface area contributed by atoms with Gasteiger partial charge >= 0.3 is 0 Å². The summed E-state index contributed by atoms with van der Waals surface area (Å²) in [6.07, 6.45) is 0. The van der Waals surface area contributed by atoms with Crippen LogP contribution >= 0.6 is 0 Å². The average Bonchev–Trinajstić information content (AvgIpc) is 3.88. The van der Waals surface area contributed by atoms with Gasteiger partial charge in [-0.3, -0.25) is 0 Å². The molecule has 0 aliphatic heterocycles. The Morgan fingerprint density at radius 3 is 1.39 bits per heavy atom. The molecule has 0 bridgehead atoms. The average molecular weight is 913 g/mol. The van der Waals surface area contributed by atoms with E-state index in [1.54, 1.807) is 0 Å². The van der Waals surface area contributed by atoms with Crippen LogP contribution in [-0.2, 0) is 16.2 Å². The molecule has 0 atom stereocenters. The summed E-state index contributed by atoms with van der Waals surface area (Å²) in [4.78, 5) is 8.39. The number of nitrogens with zero attached hydrogens (tertiary/aromatic N) is 4. The van der Waals surface area contributed by atoms with Gasteiger partial charge in [-0.05, 0) is 173 Å². The monoisotopic (exact) mass is 912 g/mol. The molecule has 340 valence electrons. The third-order valence-electron chi connectivity index (χ3n) is 15.0. The summed E-state index contributed by atoms with van der Waals surface area (Å²) in [5.41, 5.74) is 19.3. The Morgan fingerprint density at radius 1 is 0.423 bits per heavy atom. The molecule has 71 heavy (non-hydrogen) atoms. The number of hydrogen-bond acceptors (Lipinski definition) is 3. The Balaban J connectivity index is 1.14. The van der Waals surface area contributed by atoms with Gasteiger partial charge in [-0.1, -0.05) is 163 Å². The van der Waals surface area contributed by atoms with E-state index in [0.717, 1.165) is 34.1 Å². The van der Waals surface area contributed by atoms with Crippen molar-refractivity contribution in [3.05, 3.63) is 257 Å². The summed E-state index contributed by atoms with van der Waals surface area (Å²) in [7, 11) is 0. The largest absolute Gasteiger partial charge is 0.311 e. The van der Waals surface area contributed by atoms with Crippen LogP contribution in [0.25, 0.3) is 48.6 Å². The van der Waals surface area contributed by atoms with Crippen molar-refractivity contribution in [2.75, 3.05) is 9.80 Å². The first-order chi connectivity index (χ1) is 34.4. The van der Waals surface area contributed by atoms with Gasteiger partial charge in [-0.25, -0.2) is 4.85 Å². The SMILES string of the molecule is [C-]#[N+]c1ccc(N(c2ccc(C(C)(C)C)cc2)c2ccc3c4c(c5ccccc5c3c2)-c2ccc(N(c3ccc(C#N)cc3)c3ccc(C(C)(C)C)cc3)cc2C42c3ccccc3-c3ccccc32)cc1. The molecule has 0 saturated heterocycles. The molecular weight excluding hydrogens is 861 g/mol. The van der Waals surface area contributed by atoms with Crippen molar-refractivity contribution in [3.63, 3.8) is 0 Å². The highest BCUT2D eigenvalue weighted by Crippen LogP contribution is 2.66. The van der Waals surface area contributed by atoms with Gasteiger partial charge in [-0.15, -0.1) is 0 Å². The lowest BCUT2D eigenvalue weighted by Crippen LogP contribution is -2.26. The summed E-state index contributed by atoms with van der Waals surface area (Å²) >= 11 is 0. The van der Waals surface area contributed by atoms with Crippen LogP contribution in [0.1, 0.15) is 80.5 Å². The van der Waals surface area contributed by atoms with Crippen LogP contribution < -0.4 is 9.80 Å². The molecule has 1 spiro atoms. The molecule has 0 fully saturated rings. The van der Waals surface area contributed by atoms with E-state index in [1.165, 1.54) is 77.2 Å². The summed E-state index contributed by atoms with van der Waals surface area (Å²) in [6.45, 7) is 21.2. The first kappa shape index (κ1) is 43.6. The second kappa shape index (κ2) is 16.2. The van der Waals surface area contributed by atoms with E-state index in [1.807, 2.05) is 24.3 Å². The van der Waals surface area contributed by atoms with Crippen LogP contribution in [0.5, 0.6) is 0 Å². The fraction of sp³-hybridized carbons (Fsp3) is 0.134. The topological polar surface area (TPSA) is 34.6 Å². The smallest absolute Gasteiger partial charge is 0.187 e. The molecule has 12 rings (SSSR count). The minimum Gasteiger partial charge on any atom is -0.311 e. The highest BCUT2D eigenvalue weighted by atomic mass is 15.1. The summed E-state index contributed by atoms with van der Waals surface area (Å²) in [6, 6.07) is 77.3. The van der Waals surface area contributed by atoms with E-state index in [2.05, 4.69) is 244 Å². The number of anilines is 6. The maximum absolute atomic E-state index is 9.85. The van der Waals surface area contributed by atoms with Gasteiger partial charge in [0.15, 0.2) is 5.69 Å². The Labute approximate surface area is 417 Å². The summed E-state index contributed by atoms with van der Waals surface area (Å²) < 4.78 is 0. The van der Waals surface area contributed by atoms with Crippen molar-refractivity contribution < 1.29 is 0 Å². The zero-order valence-electron chi connectivity index (χ0n) is 40.9. The van der Waals surface area contributed by atoms with Crippen molar-refractivity contribution in [3.8, 4) is 28.3 Å². The van der Waals surface area contributed by atoms with Crippen LogP contribution in [-0.4, -0.2) is 0 Å². The lowest BCUT2D eigenvalue weighted by molar-refractivity contribution is 0.590. The summed E-state index contributed by atoms with van der Waals surface area (Å²) in [5.74, 6) is 0. The molecule has 10 aromatic rings. The molecule has 0 radical (unpaired) electrons. The van der Waals surface area contributed by atoms with E-state index >= 15 is 0 Å². The van der Waals surface area contributed by atoms with Crippen LogP contribution in [0.3, 0.4) is 0 Å². The molecule has 0 heterocycles. The zero-order chi connectivity index (χ0) is 48.8. The molecule has 4 heteroatoms. The van der Waals surface area contributed by atoms with Crippen LogP contribution in [0.2, 0.25) is 0 Å². The van der Waals surface area contributed by atoms with Crippen molar-refractivity contribution in [1.29, 1.82) is 5.26 Å². The van der Waals surface area contributed by atoms with E-state index in [9.17, 15) is 5.26 Å². The predicted octanol–water partition coefficient (Wildman–Crippen LogP) is 18.3. The van der Waals surface area contributed by atoms with Crippen molar-refractivity contribution in [2.45, 2.75) is 57.8 Å². The van der Waals surface area contributed by atoms with Crippen molar-refractivity contribution >= 4 is 61.4 Å². The minimum absolute atomic E-state index is 0.000335. The van der Waals surface area contributed by atoms with E-state index < -0.39 is 5.41 Å². The van der Waals surface area contributed by atoms with Crippen molar-refractivity contribution in [2.24, 2.45) is 0 Å². The third kappa shape index (κ3) is 6.78. The number of fused-ring (bicyclic) bond motifs is 15. The lowest BCUT2D eigenvalue weighted by Gasteiger charge is -2.33. The van der Waals surface area contributed by atoms with E-state index in [-0.39, 0.29) is 10.8 Å². The Kier molecular flexibility index (Phi) is 9.94. The van der Waals surface area contributed by atoms with Gasteiger partial charge in [0.25, 0.3) is 0 Å². The molecule has 0 N–H and O–H groups in total. The van der Waals surface area contributed by atoms with Gasteiger partial charge in [0.2, 0.25) is 0 Å². The molecule has 0 aromatic heterocycles. The van der Waals surface area contributed by atoms with Crippen LogP contribution in [0.15, 0.2) is 206 Å². The Morgan fingerprint density at radius 2 is 0.873 bits per heavy atom. The van der Waals surface area contributed by atoms with Crippen molar-refractivity contribution in [1.82, 2.24) is 0 Å². The van der Waals surface area contributed by atoms with Gasteiger partial charge in [-0.2, -0.15) is 5.26 Å². The normalized spacial score (nSPS) is 13.0. The number of hydrogen-bond donors (Lipinski definition) is 0. The molecule has 0 unspecified atom stereocenters. The first-order valence-electron chi connectivity index (χ1n) is 24.5. The number of nitriles is 1. The summed E-state index contributed by atoms with van der Waals surface area (Å²) in [5, 5.41) is 14.6. The lowest BCUT2D eigenvalue weighted by atomic mass is 9.69. The predicted molar refractivity (Wildman–Crippen MR) is 295 cm³/mol. The van der Waals surface area contributed by atoms with Crippen LogP contribution in [0.4, 0.5) is 39.8 Å². The minimum atomic E-state index is -0.665. The fourth-order valence-electron chi connectivity index (χ4n) is 11.6. The Bertz CT molecular complexity index is 3790. The fourth-order valence-corrected chi connectivity index (χ4v) is 11.6. The van der Waals surface area contributed by atoms with E-state index in [4.69, 9.17) is 6.57 Å². The van der Waals surface area contributed by atoms with Crippen LogP contribution in [0, 0.1) is 17.9 Å². The molecule has 2 aliphatic carbocycles. The highest BCUT2D eigenvalue weighted by Gasteiger charge is 2.53. The second-order valence-electron chi connectivity index (χ2n) is 21.1. The quantitative estimate of drug-likeness (QED) is 0.123. The first-order valence-corrected chi connectivity index (χ1v) is 24.5. The standard InChI is InChI=1S/C67H52N4/c1-65(2,3)44-22-30-48(31-23-44)70(50-34-26-46(69-7)27-35-50)51-36-38-57-59(40-51)53-14-8-9-17-56(53)63-58-39-37-52(71(47-28-20-43(42-68)21-29-47)49-32-24-45(25-33-49)66(4,5)6)41-62(58)67(64(57)63)60-18-12-10-15-54(60)55-16-11-13-19-61(55)67/h8-41H,1-6H3. The van der Waals surface area contributed by atoms with E-state index in [0.29, 0.717) is 11.3 Å². The highest BCUT2D eigenvalue weighted by molar-refractivity contribution is 6.20. The molecule has 4 nitrogen and oxygen atoms in total. The third-order valence-corrected chi connectivity index (χ3v) is 15.0. The maximum atomic E-state index is 9.85. The maximum Gasteiger partial charge on any atom is 0.187 e. The zero-order valence-corrected chi connectivity index (χ0v) is 40.9. The molecular formula is C67H52N4. The molecule has 0 saturated carbocycles. The number of rotatable bonds is 6. The van der Waals surface area contributed by atoms with Gasteiger partial charge in [0.1, 0.15) is 0 Å². The molecule has 10 aromatic carbocycles. The molecule has 2 aliphatic rings. The van der Waals surface area contributed by atoms with Gasteiger partial charge < -0.3 is 9.80 Å². The second-order valence-corrected chi connectivity index (χ2v) is 21.1. The van der Waals surface area contributed by atoms with Gasteiger partial charge in [0.05, 0.1) is 23.6 Å². The number of benzene rings is 10.